The quantitative estimate of drug-likeness (QED) is 0.0261. The molecule has 0 N–H and O–H groups in total. The Balaban J connectivity index is 4.39. The lowest BCUT2D eigenvalue weighted by Gasteiger charge is -2.18. The number of rotatable bonds is 60. The van der Waals surface area contributed by atoms with Crippen LogP contribution in [0.5, 0.6) is 0 Å². The molecule has 0 amide bonds. The molecule has 6 nitrogen and oxygen atoms in total. The van der Waals surface area contributed by atoms with Crippen LogP contribution < -0.4 is 0 Å². The summed E-state index contributed by atoms with van der Waals surface area (Å²) >= 11 is 0. The third kappa shape index (κ3) is 61.7. The fourth-order valence-electron chi connectivity index (χ4n) is 9.53. The van der Waals surface area contributed by atoms with E-state index in [-0.39, 0.29) is 31.1 Å². The summed E-state index contributed by atoms with van der Waals surface area (Å²) in [6.45, 7) is 6.55. The fourth-order valence-corrected chi connectivity index (χ4v) is 9.53. The van der Waals surface area contributed by atoms with Crippen molar-refractivity contribution in [3.05, 3.63) is 72.9 Å². The van der Waals surface area contributed by atoms with Crippen LogP contribution >= 0.6 is 0 Å². The molecule has 0 aromatic carbocycles. The van der Waals surface area contributed by atoms with E-state index in [1.165, 1.54) is 186 Å². The lowest BCUT2D eigenvalue weighted by molar-refractivity contribution is -0.167. The van der Waals surface area contributed by atoms with Gasteiger partial charge < -0.3 is 14.2 Å². The minimum absolute atomic E-state index is 0.0810. The van der Waals surface area contributed by atoms with E-state index in [4.69, 9.17) is 14.2 Å². The van der Waals surface area contributed by atoms with Crippen molar-refractivity contribution in [1.82, 2.24) is 0 Å². The summed E-state index contributed by atoms with van der Waals surface area (Å²) in [5.74, 6) is -0.885. The number of carbonyl (C=O) groups is 3. The Hall–Kier alpha value is -3.15. The Bertz CT molecular complexity index is 1400. The number of ether oxygens (including phenoxy) is 3. The Morgan fingerprint density at radius 1 is 0.276 bits per heavy atom. The first-order valence-corrected chi connectivity index (χ1v) is 32.9. The predicted octanol–water partition coefficient (Wildman–Crippen LogP) is 22.5. The average molecular weight is 1060 g/mol. The van der Waals surface area contributed by atoms with Gasteiger partial charge in [0.05, 0.1) is 0 Å². The molecular weight excluding hydrogens is 937 g/mol. The van der Waals surface area contributed by atoms with E-state index < -0.39 is 6.10 Å². The maximum absolute atomic E-state index is 12.9. The van der Waals surface area contributed by atoms with Crippen LogP contribution in [0.15, 0.2) is 72.9 Å². The van der Waals surface area contributed by atoms with Gasteiger partial charge in [-0.3, -0.25) is 14.4 Å². The second-order valence-corrected chi connectivity index (χ2v) is 22.0. The Morgan fingerprint density at radius 3 is 0.816 bits per heavy atom. The molecule has 1 unspecified atom stereocenters. The van der Waals surface area contributed by atoms with E-state index in [0.717, 1.165) is 109 Å². The monoisotopic (exact) mass is 1060 g/mol. The van der Waals surface area contributed by atoms with Gasteiger partial charge in [-0.1, -0.05) is 299 Å². The molecule has 0 saturated heterocycles. The number of allylic oxidation sites excluding steroid dienone is 12. The molecule has 0 aromatic heterocycles. The van der Waals surface area contributed by atoms with Gasteiger partial charge in [0.1, 0.15) is 13.2 Å². The molecule has 0 spiro atoms. The highest BCUT2D eigenvalue weighted by Gasteiger charge is 2.19. The lowest BCUT2D eigenvalue weighted by atomic mass is 10.0. The molecule has 0 aliphatic rings. The van der Waals surface area contributed by atoms with Crippen LogP contribution in [-0.4, -0.2) is 37.2 Å². The van der Waals surface area contributed by atoms with Crippen LogP contribution in [-0.2, 0) is 28.6 Å². The van der Waals surface area contributed by atoms with Crippen molar-refractivity contribution in [2.24, 2.45) is 0 Å². The minimum Gasteiger partial charge on any atom is -0.462 e. The second kappa shape index (κ2) is 64.4. The first-order valence-electron chi connectivity index (χ1n) is 32.9. The van der Waals surface area contributed by atoms with Crippen molar-refractivity contribution < 1.29 is 28.6 Å². The molecule has 6 heteroatoms. The summed E-state index contributed by atoms with van der Waals surface area (Å²) in [6.07, 6.45) is 83.3. The molecule has 0 aliphatic heterocycles. The van der Waals surface area contributed by atoms with Gasteiger partial charge in [-0.25, -0.2) is 0 Å². The van der Waals surface area contributed by atoms with E-state index >= 15 is 0 Å². The zero-order valence-electron chi connectivity index (χ0n) is 50.5. The van der Waals surface area contributed by atoms with Crippen molar-refractivity contribution >= 4 is 17.9 Å². The highest BCUT2D eigenvalue weighted by Crippen LogP contribution is 2.17. The normalized spacial score (nSPS) is 12.5. The number of hydrogen-bond acceptors (Lipinski definition) is 6. The number of carbonyl (C=O) groups excluding carboxylic acids is 3. The van der Waals surface area contributed by atoms with Gasteiger partial charge in [-0.15, -0.1) is 0 Å². The summed E-state index contributed by atoms with van der Waals surface area (Å²) in [6, 6.07) is 0. The van der Waals surface area contributed by atoms with Crippen molar-refractivity contribution in [2.45, 2.75) is 341 Å². The maximum atomic E-state index is 12.9. The van der Waals surface area contributed by atoms with Crippen LogP contribution in [0.25, 0.3) is 0 Å². The number of esters is 3. The van der Waals surface area contributed by atoms with Gasteiger partial charge in [0, 0.05) is 19.3 Å². The van der Waals surface area contributed by atoms with E-state index in [0.29, 0.717) is 19.3 Å². The smallest absolute Gasteiger partial charge is 0.306 e. The molecule has 440 valence electrons. The SMILES string of the molecule is CC/C=C\C/C=C\C/C=C\C/C=C\C/C=C\CCCCCCCC(=O)OCC(COC(=O)CCCCCCCCC/C=C\CCCCCCCC)OC(=O)CCCCCCCCCCCCCCCCCCCCCC. The predicted molar refractivity (Wildman–Crippen MR) is 330 cm³/mol. The highest BCUT2D eigenvalue weighted by molar-refractivity contribution is 5.71. The molecule has 0 bridgehead atoms. The van der Waals surface area contributed by atoms with Crippen molar-refractivity contribution in [1.29, 1.82) is 0 Å². The van der Waals surface area contributed by atoms with Crippen LogP contribution in [0.1, 0.15) is 335 Å². The van der Waals surface area contributed by atoms with Crippen molar-refractivity contribution in [3.8, 4) is 0 Å². The maximum Gasteiger partial charge on any atom is 0.306 e. The molecule has 0 saturated carbocycles. The van der Waals surface area contributed by atoms with Crippen LogP contribution in [0, 0.1) is 0 Å². The zero-order valence-corrected chi connectivity index (χ0v) is 50.5. The minimum atomic E-state index is -0.785. The average Bonchev–Trinajstić information content (AvgIpc) is 3.42. The van der Waals surface area contributed by atoms with E-state index in [1.54, 1.807) is 0 Å². The first-order chi connectivity index (χ1) is 37.5. The summed E-state index contributed by atoms with van der Waals surface area (Å²) < 4.78 is 17.0. The second-order valence-electron chi connectivity index (χ2n) is 22.0. The standard InChI is InChI=1S/C70H124O6/c1-4-7-10-13-16-19-22-25-28-31-33-35-37-39-42-45-48-51-54-57-60-63-69(72)75-66-67(65-74-68(71)62-59-56-53-50-47-44-41-38-30-27-24-21-18-15-12-9-6-3)76-70(73)64-61-58-55-52-49-46-43-40-36-34-32-29-26-23-20-17-14-11-8-5-2/h7,10,16,19,25,27-28,30,33,35,39,42,67H,4-6,8-9,11-15,17-18,20-24,26,29,31-32,34,36-38,40-41,43-66H2,1-3H3/b10-7-,19-16-,28-25-,30-27-,35-33-,42-39-. The van der Waals surface area contributed by atoms with Gasteiger partial charge >= 0.3 is 17.9 Å². The largest absolute Gasteiger partial charge is 0.462 e. The van der Waals surface area contributed by atoms with Gasteiger partial charge in [0.15, 0.2) is 6.10 Å². The summed E-state index contributed by atoms with van der Waals surface area (Å²) in [4.78, 5) is 38.4. The molecule has 1 atom stereocenters. The van der Waals surface area contributed by atoms with E-state index in [1.807, 2.05) is 0 Å². The van der Waals surface area contributed by atoms with Crippen LogP contribution in [0.2, 0.25) is 0 Å². The molecule has 0 fully saturated rings. The fraction of sp³-hybridized carbons (Fsp3) is 0.786. The van der Waals surface area contributed by atoms with Gasteiger partial charge in [-0.2, -0.15) is 0 Å². The zero-order chi connectivity index (χ0) is 55.0. The Labute approximate surface area is 472 Å². The third-order valence-electron chi connectivity index (χ3n) is 14.4. The molecular formula is C70H124O6. The van der Waals surface area contributed by atoms with Gasteiger partial charge in [0.2, 0.25) is 0 Å². The van der Waals surface area contributed by atoms with E-state index in [2.05, 4.69) is 93.7 Å². The third-order valence-corrected chi connectivity index (χ3v) is 14.4. The number of hydrogen-bond donors (Lipinski definition) is 0. The molecule has 0 aromatic rings. The van der Waals surface area contributed by atoms with E-state index in [9.17, 15) is 14.4 Å². The molecule has 0 heterocycles. The summed E-state index contributed by atoms with van der Waals surface area (Å²) in [7, 11) is 0. The first kappa shape index (κ1) is 72.8. The number of unbranched alkanes of at least 4 members (excludes halogenated alkanes) is 37. The van der Waals surface area contributed by atoms with Crippen molar-refractivity contribution in [3.63, 3.8) is 0 Å². The topological polar surface area (TPSA) is 78.9 Å². The van der Waals surface area contributed by atoms with Gasteiger partial charge in [-0.05, 0) is 89.9 Å². The highest BCUT2D eigenvalue weighted by atomic mass is 16.6. The van der Waals surface area contributed by atoms with Gasteiger partial charge in [0.25, 0.3) is 0 Å². The molecule has 76 heavy (non-hydrogen) atoms. The molecule has 0 radical (unpaired) electrons. The Morgan fingerprint density at radius 2 is 0.513 bits per heavy atom. The summed E-state index contributed by atoms with van der Waals surface area (Å²) in [5.41, 5.74) is 0. The Kier molecular flexibility index (Phi) is 61.7. The van der Waals surface area contributed by atoms with Crippen molar-refractivity contribution in [2.75, 3.05) is 13.2 Å². The van der Waals surface area contributed by atoms with Crippen LogP contribution in [0.4, 0.5) is 0 Å². The molecule has 0 aliphatic carbocycles. The van der Waals surface area contributed by atoms with Crippen LogP contribution in [0.3, 0.4) is 0 Å². The lowest BCUT2D eigenvalue weighted by Crippen LogP contribution is -2.30. The summed E-state index contributed by atoms with van der Waals surface area (Å²) in [5, 5.41) is 0. The molecule has 0 rings (SSSR count).